The lowest BCUT2D eigenvalue weighted by atomic mass is 9.49. The van der Waals surface area contributed by atoms with Crippen LogP contribution in [0.1, 0.15) is 82.0 Å². The molecule has 0 radical (unpaired) electrons. The van der Waals surface area contributed by atoms with Crippen molar-refractivity contribution in [3.8, 4) is 0 Å². The van der Waals surface area contributed by atoms with Crippen molar-refractivity contribution in [1.82, 2.24) is 5.32 Å². The van der Waals surface area contributed by atoms with Crippen molar-refractivity contribution in [2.24, 2.45) is 46.8 Å². The van der Waals surface area contributed by atoms with E-state index in [9.17, 15) is 4.79 Å². The second kappa shape index (κ2) is 7.75. The highest BCUT2D eigenvalue weighted by atomic mass is 16.1. The molecular formula is C27H39NO. The number of hydrogen-bond donors (Lipinski definition) is 1. The van der Waals surface area contributed by atoms with Gasteiger partial charge in [-0.25, -0.2) is 0 Å². The first kappa shape index (κ1) is 19.6. The molecular weight excluding hydrogens is 354 g/mol. The van der Waals surface area contributed by atoms with Gasteiger partial charge < -0.3 is 5.32 Å². The Morgan fingerprint density at radius 3 is 2.59 bits per heavy atom. The fourth-order valence-corrected chi connectivity index (χ4v) is 8.44. The summed E-state index contributed by atoms with van der Waals surface area (Å²) in [7, 11) is 0. The zero-order valence-electron chi connectivity index (χ0n) is 18.4. The molecule has 1 aromatic carbocycles. The zero-order valence-corrected chi connectivity index (χ0v) is 18.4. The molecule has 0 bridgehead atoms. The van der Waals surface area contributed by atoms with E-state index in [1.54, 1.807) is 0 Å². The van der Waals surface area contributed by atoms with Gasteiger partial charge in [-0.3, -0.25) is 4.79 Å². The number of carbonyl (C=O) groups is 1. The maximum Gasteiger partial charge on any atom is 0.251 e. The van der Waals surface area contributed by atoms with Crippen LogP contribution in [0.25, 0.3) is 0 Å². The molecule has 2 nitrogen and oxygen atoms in total. The molecule has 4 fully saturated rings. The van der Waals surface area contributed by atoms with Crippen LogP contribution in [0.4, 0.5) is 0 Å². The van der Waals surface area contributed by atoms with Gasteiger partial charge in [-0.2, -0.15) is 0 Å². The molecule has 6 unspecified atom stereocenters. The maximum atomic E-state index is 12.6. The Morgan fingerprint density at radius 1 is 0.966 bits per heavy atom. The van der Waals surface area contributed by atoms with Crippen LogP contribution in [0.15, 0.2) is 30.3 Å². The molecule has 0 spiro atoms. The SMILES string of the molecule is CC1CCC2C(CCC3C2CC[C@@]2(C)C3CC[C@@H]2CNC(=O)c2ccccc2)C1. The fraction of sp³-hybridized carbons (Fsp3) is 0.741. The Balaban J connectivity index is 1.25. The first-order valence-corrected chi connectivity index (χ1v) is 12.4. The van der Waals surface area contributed by atoms with Crippen molar-refractivity contribution in [2.75, 3.05) is 6.54 Å². The van der Waals surface area contributed by atoms with E-state index in [4.69, 9.17) is 0 Å². The van der Waals surface area contributed by atoms with Crippen molar-refractivity contribution in [2.45, 2.75) is 71.6 Å². The summed E-state index contributed by atoms with van der Waals surface area (Å²) < 4.78 is 0. The minimum Gasteiger partial charge on any atom is -0.352 e. The van der Waals surface area contributed by atoms with Gasteiger partial charge in [-0.1, -0.05) is 38.5 Å². The van der Waals surface area contributed by atoms with Gasteiger partial charge in [-0.15, -0.1) is 0 Å². The number of nitrogens with one attached hydrogen (secondary N) is 1. The second-order valence-electron chi connectivity index (χ2n) is 11.2. The Kier molecular flexibility index (Phi) is 5.25. The molecule has 4 aliphatic carbocycles. The topological polar surface area (TPSA) is 29.1 Å². The average molecular weight is 394 g/mol. The molecule has 1 amide bonds. The largest absolute Gasteiger partial charge is 0.352 e. The first-order valence-electron chi connectivity index (χ1n) is 12.4. The number of amides is 1. The third-order valence-electron chi connectivity index (χ3n) is 9.96. The summed E-state index contributed by atoms with van der Waals surface area (Å²) >= 11 is 0. The van der Waals surface area contributed by atoms with Gasteiger partial charge in [0.25, 0.3) is 5.91 Å². The van der Waals surface area contributed by atoms with Crippen molar-refractivity contribution < 1.29 is 4.79 Å². The van der Waals surface area contributed by atoms with E-state index in [0.29, 0.717) is 11.3 Å². The number of hydrogen-bond acceptors (Lipinski definition) is 1. The maximum absolute atomic E-state index is 12.6. The Morgan fingerprint density at radius 2 is 1.76 bits per heavy atom. The van der Waals surface area contributed by atoms with Gasteiger partial charge in [0.15, 0.2) is 0 Å². The van der Waals surface area contributed by atoms with Crippen molar-refractivity contribution >= 4 is 5.91 Å². The normalized spacial score (nSPS) is 43.7. The van der Waals surface area contributed by atoms with Gasteiger partial charge in [0.2, 0.25) is 0 Å². The summed E-state index contributed by atoms with van der Waals surface area (Å²) in [6, 6.07) is 9.71. The molecule has 29 heavy (non-hydrogen) atoms. The molecule has 4 aliphatic rings. The third kappa shape index (κ3) is 3.45. The molecule has 0 aromatic heterocycles. The van der Waals surface area contributed by atoms with E-state index in [1.807, 2.05) is 30.3 Å². The van der Waals surface area contributed by atoms with Crippen LogP contribution < -0.4 is 5.32 Å². The summed E-state index contributed by atoms with van der Waals surface area (Å²) in [5.74, 6) is 6.67. The first-order chi connectivity index (χ1) is 14.1. The quantitative estimate of drug-likeness (QED) is 0.639. The Bertz CT molecular complexity index is 729. The smallest absolute Gasteiger partial charge is 0.251 e. The van der Waals surface area contributed by atoms with E-state index in [1.165, 1.54) is 57.8 Å². The highest BCUT2D eigenvalue weighted by Crippen LogP contribution is 2.64. The van der Waals surface area contributed by atoms with Crippen molar-refractivity contribution in [1.29, 1.82) is 0 Å². The molecule has 1 N–H and O–H groups in total. The summed E-state index contributed by atoms with van der Waals surface area (Å²) in [5.41, 5.74) is 1.24. The summed E-state index contributed by atoms with van der Waals surface area (Å²) in [4.78, 5) is 12.6. The van der Waals surface area contributed by atoms with Gasteiger partial charge in [-0.05, 0) is 110 Å². The van der Waals surface area contributed by atoms with Crippen LogP contribution in [-0.4, -0.2) is 12.5 Å². The van der Waals surface area contributed by atoms with Crippen LogP contribution in [0, 0.1) is 46.8 Å². The monoisotopic (exact) mass is 393 g/mol. The van der Waals surface area contributed by atoms with E-state index in [-0.39, 0.29) is 5.91 Å². The van der Waals surface area contributed by atoms with Crippen molar-refractivity contribution in [3.63, 3.8) is 0 Å². The van der Waals surface area contributed by atoms with E-state index in [2.05, 4.69) is 19.2 Å². The second-order valence-corrected chi connectivity index (χ2v) is 11.2. The molecule has 1 aromatic rings. The molecule has 4 saturated carbocycles. The van der Waals surface area contributed by atoms with Crippen molar-refractivity contribution in [3.05, 3.63) is 35.9 Å². The van der Waals surface area contributed by atoms with Crippen LogP contribution >= 0.6 is 0 Å². The number of rotatable bonds is 3. The van der Waals surface area contributed by atoms with Crippen LogP contribution in [-0.2, 0) is 0 Å². The Labute approximate surface area is 177 Å². The minimum atomic E-state index is 0.100. The van der Waals surface area contributed by atoms with E-state index >= 15 is 0 Å². The molecule has 8 atom stereocenters. The zero-order chi connectivity index (χ0) is 20.0. The number of carbonyl (C=O) groups excluding carboxylic acids is 1. The van der Waals surface area contributed by atoms with E-state index in [0.717, 1.165) is 47.6 Å². The lowest BCUT2D eigenvalue weighted by Gasteiger charge is -2.56. The standard InChI is InChI=1S/C27H39NO/c1-18-8-11-22-20(16-18)9-12-24-23(22)14-15-27(2)21(10-13-25(24)27)17-28-26(29)19-6-4-3-5-7-19/h3-7,18,20-25H,8-17H2,1-2H3,(H,28,29)/t18?,20?,21-,22?,23?,24?,25?,27-/m1/s1. The lowest BCUT2D eigenvalue weighted by molar-refractivity contribution is -0.0665. The number of fused-ring (bicyclic) bond motifs is 5. The third-order valence-corrected chi connectivity index (χ3v) is 9.96. The van der Waals surface area contributed by atoms with E-state index < -0.39 is 0 Å². The number of benzene rings is 1. The molecule has 158 valence electrons. The van der Waals surface area contributed by atoms with Gasteiger partial charge in [0.1, 0.15) is 0 Å². The Hall–Kier alpha value is -1.31. The average Bonchev–Trinajstić information content (AvgIpc) is 3.08. The van der Waals surface area contributed by atoms with Gasteiger partial charge in [0.05, 0.1) is 0 Å². The highest BCUT2D eigenvalue weighted by molar-refractivity contribution is 5.94. The summed E-state index contributed by atoms with van der Waals surface area (Å²) in [5, 5.41) is 3.28. The van der Waals surface area contributed by atoms with Crippen LogP contribution in [0.5, 0.6) is 0 Å². The predicted octanol–water partition coefficient (Wildman–Crippen LogP) is 6.32. The minimum absolute atomic E-state index is 0.100. The van der Waals surface area contributed by atoms with Crippen LogP contribution in [0.3, 0.4) is 0 Å². The lowest BCUT2D eigenvalue weighted by Crippen LogP contribution is -2.49. The molecule has 0 aliphatic heterocycles. The highest BCUT2D eigenvalue weighted by Gasteiger charge is 2.56. The molecule has 5 rings (SSSR count). The van der Waals surface area contributed by atoms with Gasteiger partial charge in [0, 0.05) is 12.1 Å². The van der Waals surface area contributed by atoms with Crippen LogP contribution in [0.2, 0.25) is 0 Å². The molecule has 0 saturated heterocycles. The molecule has 2 heteroatoms. The fourth-order valence-electron chi connectivity index (χ4n) is 8.44. The predicted molar refractivity (Wildman–Crippen MR) is 119 cm³/mol. The van der Waals surface area contributed by atoms with Gasteiger partial charge >= 0.3 is 0 Å². The molecule has 0 heterocycles. The summed E-state index contributed by atoms with van der Waals surface area (Å²) in [6.07, 6.45) is 13.0. The summed E-state index contributed by atoms with van der Waals surface area (Å²) in [6.45, 7) is 5.92.